The summed E-state index contributed by atoms with van der Waals surface area (Å²) in [5, 5.41) is 4.93. The highest BCUT2D eigenvalue weighted by Crippen LogP contribution is 2.38. The zero-order valence-electron chi connectivity index (χ0n) is 22.7. The van der Waals surface area contributed by atoms with Crippen molar-refractivity contribution < 1.29 is 14.0 Å². The number of oxime groups is 1. The summed E-state index contributed by atoms with van der Waals surface area (Å²) in [5.41, 5.74) is 4.70. The third kappa shape index (κ3) is 6.53. The second kappa shape index (κ2) is 10.6. The first-order valence-electron chi connectivity index (χ1n) is 12.5. The van der Waals surface area contributed by atoms with Crippen LogP contribution in [0.1, 0.15) is 75.2 Å². The molecule has 4 rings (SSSR count). The van der Waals surface area contributed by atoms with Crippen LogP contribution in [0.4, 0.5) is 0 Å². The number of hydrogen-bond acceptors (Lipinski definition) is 5. The van der Waals surface area contributed by atoms with Gasteiger partial charge in [-0.05, 0) is 89.9 Å². The van der Waals surface area contributed by atoms with Crippen molar-refractivity contribution in [3.63, 3.8) is 0 Å². The summed E-state index contributed by atoms with van der Waals surface area (Å²) in [6, 6.07) is 24.0. The molecule has 0 aliphatic heterocycles. The van der Waals surface area contributed by atoms with E-state index in [4.69, 9.17) is 9.25 Å². The Labute approximate surface area is 224 Å². The molecule has 5 heteroatoms. The van der Waals surface area contributed by atoms with E-state index in [9.17, 15) is 4.79 Å². The number of carbonyl (C=O) groups is 1. The van der Waals surface area contributed by atoms with E-state index in [0.29, 0.717) is 11.3 Å². The number of furan rings is 1. The minimum Gasteiger partial charge on any atom is -0.453 e. The van der Waals surface area contributed by atoms with Crippen LogP contribution in [0.5, 0.6) is 0 Å². The Bertz CT molecular complexity index is 1420. The molecule has 0 fully saturated rings. The third-order valence-corrected chi connectivity index (χ3v) is 7.36. The lowest BCUT2D eigenvalue weighted by Crippen LogP contribution is -2.24. The van der Waals surface area contributed by atoms with Crippen molar-refractivity contribution >= 4 is 34.2 Å². The Balaban J connectivity index is 1.48. The first-order chi connectivity index (χ1) is 17.4. The van der Waals surface area contributed by atoms with Crippen molar-refractivity contribution in [1.82, 2.24) is 0 Å². The predicted octanol–water partition coefficient (Wildman–Crippen LogP) is 8.90. The number of carbonyl (C=O) groups excluding carboxylic acids is 1. The van der Waals surface area contributed by atoms with Gasteiger partial charge in [-0.15, -0.1) is 0 Å². The fraction of sp³-hybridized carbons (Fsp3) is 0.312. The fourth-order valence-corrected chi connectivity index (χ4v) is 5.73. The van der Waals surface area contributed by atoms with Crippen LogP contribution in [0, 0.1) is 5.41 Å². The van der Waals surface area contributed by atoms with Crippen molar-refractivity contribution in [3.8, 4) is 0 Å². The number of hydrogen-bond donors (Lipinski definition) is 0. The van der Waals surface area contributed by atoms with Gasteiger partial charge in [-0.25, -0.2) is 0 Å². The van der Waals surface area contributed by atoms with Crippen LogP contribution in [0.2, 0.25) is 0 Å². The monoisotopic (exact) mass is 513 g/mol. The molecule has 0 bridgehead atoms. The zero-order chi connectivity index (χ0) is 26.8. The Morgan fingerprint density at radius 1 is 0.865 bits per heavy atom. The molecule has 0 aliphatic rings. The third-order valence-electron chi connectivity index (χ3n) is 6.35. The van der Waals surface area contributed by atoms with Crippen LogP contribution in [-0.4, -0.2) is 18.6 Å². The van der Waals surface area contributed by atoms with Gasteiger partial charge in [0, 0.05) is 20.7 Å². The van der Waals surface area contributed by atoms with Gasteiger partial charge in [-0.1, -0.05) is 69.7 Å². The number of rotatable bonds is 8. The van der Waals surface area contributed by atoms with Crippen molar-refractivity contribution in [2.45, 2.75) is 63.2 Å². The molecular weight excluding hydrogens is 478 g/mol. The van der Waals surface area contributed by atoms with Crippen LogP contribution in [0.15, 0.2) is 92.2 Å². The van der Waals surface area contributed by atoms with E-state index in [1.165, 1.54) is 5.56 Å². The average Bonchev–Trinajstić information content (AvgIpc) is 3.27. The highest BCUT2D eigenvalue weighted by Gasteiger charge is 2.28. The van der Waals surface area contributed by atoms with Gasteiger partial charge in [0.25, 0.3) is 0 Å². The van der Waals surface area contributed by atoms with Gasteiger partial charge in [0.05, 0.1) is 5.71 Å². The molecular formula is C32H35NO3S. The molecule has 0 aliphatic carbocycles. The van der Waals surface area contributed by atoms with E-state index >= 15 is 0 Å². The molecule has 0 amide bonds. The lowest BCUT2D eigenvalue weighted by atomic mass is 9.72. The molecule has 0 saturated heterocycles. The van der Waals surface area contributed by atoms with Crippen molar-refractivity contribution in [2.75, 3.05) is 7.11 Å². The highest BCUT2D eigenvalue weighted by molar-refractivity contribution is 7.99. The van der Waals surface area contributed by atoms with E-state index in [2.05, 4.69) is 64.0 Å². The molecule has 4 nitrogen and oxygen atoms in total. The van der Waals surface area contributed by atoms with E-state index in [0.717, 1.165) is 38.5 Å². The van der Waals surface area contributed by atoms with Gasteiger partial charge in [0.15, 0.2) is 5.76 Å². The lowest BCUT2D eigenvalue weighted by molar-refractivity contribution is 0.101. The first-order valence-corrected chi connectivity index (χ1v) is 13.3. The Morgan fingerprint density at radius 2 is 1.46 bits per heavy atom. The van der Waals surface area contributed by atoms with Crippen LogP contribution >= 0.6 is 11.8 Å². The molecule has 0 spiro atoms. The SMILES string of the molecule is CON=C(C)c1ccc(Sc2ccc(C(=O)c3cc4cc(C(C)(C)CC(C)(C)C)ccc4o3)cc2)cc1. The second-order valence-electron chi connectivity index (χ2n) is 11.3. The summed E-state index contributed by atoms with van der Waals surface area (Å²) < 4.78 is 5.95. The minimum atomic E-state index is -0.111. The van der Waals surface area contributed by atoms with Crippen molar-refractivity contribution in [3.05, 3.63) is 95.2 Å². The molecule has 0 radical (unpaired) electrons. The molecule has 4 aromatic rings. The summed E-state index contributed by atoms with van der Waals surface area (Å²) in [4.78, 5) is 20.2. The molecule has 0 atom stereocenters. The van der Waals surface area contributed by atoms with Gasteiger partial charge in [-0.2, -0.15) is 0 Å². The van der Waals surface area contributed by atoms with Crippen LogP contribution < -0.4 is 0 Å². The molecule has 0 N–H and O–H groups in total. The maximum Gasteiger partial charge on any atom is 0.228 e. The van der Waals surface area contributed by atoms with E-state index in [-0.39, 0.29) is 16.6 Å². The summed E-state index contributed by atoms with van der Waals surface area (Å²) in [5.74, 6) is 0.255. The highest BCUT2D eigenvalue weighted by atomic mass is 32.2. The Morgan fingerprint density at radius 3 is 2.03 bits per heavy atom. The smallest absolute Gasteiger partial charge is 0.228 e. The summed E-state index contributed by atoms with van der Waals surface area (Å²) in [7, 11) is 1.54. The molecule has 1 heterocycles. The first kappa shape index (κ1) is 26.7. The number of benzene rings is 3. The van der Waals surface area contributed by atoms with Crippen molar-refractivity contribution in [2.24, 2.45) is 10.6 Å². The largest absolute Gasteiger partial charge is 0.453 e. The van der Waals surface area contributed by atoms with Gasteiger partial charge in [-0.3, -0.25) is 4.79 Å². The molecule has 37 heavy (non-hydrogen) atoms. The van der Waals surface area contributed by atoms with Gasteiger partial charge >= 0.3 is 0 Å². The van der Waals surface area contributed by atoms with Crippen LogP contribution in [-0.2, 0) is 10.3 Å². The van der Waals surface area contributed by atoms with E-state index in [1.54, 1.807) is 18.9 Å². The maximum absolute atomic E-state index is 13.2. The topological polar surface area (TPSA) is 51.8 Å². The Hall–Kier alpha value is -3.31. The number of nitrogens with zero attached hydrogens (tertiary/aromatic N) is 1. The van der Waals surface area contributed by atoms with Gasteiger partial charge < -0.3 is 9.25 Å². The molecule has 0 saturated carbocycles. The van der Waals surface area contributed by atoms with E-state index < -0.39 is 0 Å². The van der Waals surface area contributed by atoms with Crippen LogP contribution in [0.25, 0.3) is 11.0 Å². The van der Waals surface area contributed by atoms with Crippen molar-refractivity contribution in [1.29, 1.82) is 0 Å². The van der Waals surface area contributed by atoms with Gasteiger partial charge in [0.2, 0.25) is 5.78 Å². The zero-order valence-corrected chi connectivity index (χ0v) is 23.5. The average molecular weight is 514 g/mol. The standard InChI is InChI=1S/C32H35NO3S/c1-21(33-35-7)22-8-13-26(14-9-22)37-27-15-10-23(11-16-27)30(34)29-19-24-18-25(12-17-28(24)36-29)32(5,6)20-31(2,3)4/h8-19H,20H2,1-7H3. The predicted molar refractivity (Wildman–Crippen MR) is 153 cm³/mol. The summed E-state index contributed by atoms with van der Waals surface area (Å²) in [6.45, 7) is 13.3. The van der Waals surface area contributed by atoms with Gasteiger partial charge in [0.1, 0.15) is 12.7 Å². The second-order valence-corrected chi connectivity index (χ2v) is 12.5. The molecule has 1 aromatic heterocycles. The maximum atomic E-state index is 13.2. The summed E-state index contributed by atoms with van der Waals surface area (Å²) in [6.07, 6.45) is 1.06. The molecule has 192 valence electrons. The van der Waals surface area contributed by atoms with Crippen LogP contribution in [0.3, 0.4) is 0 Å². The lowest BCUT2D eigenvalue weighted by Gasteiger charge is -2.33. The number of ketones is 1. The van der Waals surface area contributed by atoms with E-state index in [1.807, 2.05) is 55.5 Å². The normalized spacial score (nSPS) is 12.7. The quantitative estimate of drug-likeness (QED) is 0.134. The summed E-state index contributed by atoms with van der Waals surface area (Å²) >= 11 is 1.64. The Kier molecular flexibility index (Phi) is 7.65. The number of fused-ring (bicyclic) bond motifs is 1. The molecule has 3 aromatic carbocycles. The molecule has 0 unspecified atom stereocenters. The minimum absolute atomic E-state index is 0.0258. The fourth-order valence-electron chi connectivity index (χ4n) is 4.91.